The van der Waals surface area contributed by atoms with E-state index in [2.05, 4.69) is 55.4 Å². The Bertz CT molecular complexity index is 1930. The summed E-state index contributed by atoms with van der Waals surface area (Å²) in [4.78, 5) is 41.9. The number of rotatable bonds is 16. The molecule has 0 spiro atoms. The van der Waals surface area contributed by atoms with Crippen molar-refractivity contribution in [3.8, 4) is 0 Å². The Morgan fingerprint density at radius 1 is 0.645 bits per heavy atom. The summed E-state index contributed by atoms with van der Waals surface area (Å²) >= 11 is 0. The molecule has 2 aliphatic carbocycles. The third-order valence-corrected chi connectivity index (χ3v) is 15.6. The van der Waals surface area contributed by atoms with E-state index >= 15 is 0 Å². The molecule has 0 radical (unpaired) electrons. The molecule has 336 valence electrons. The van der Waals surface area contributed by atoms with Crippen molar-refractivity contribution in [1.82, 2.24) is 0 Å². The molecule has 0 amide bonds. The van der Waals surface area contributed by atoms with E-state index in [1.54, 1.807) is 26.0 Å². The maximum atomic E-state index is 13.8. The van der Waals surface area contributed by atoms with Crippen LogP contribution in [-0.2, 0) is 18.7 Å². The Morgan fingerprint density at radius 3 is 1.23 bits per heavy atom. The monoisotopic (exact) mass is 892 g/mol. The third kappa shape index (κ3) is 17.5. The Morgan fingerprint density at radius 2 is 0.952 bits per heavy atom. The molecule has 4 N–H and O–H groups in total. The second-order valence-electron chi connectivity index (χ2n) is 20.1. The minimum atomic E-state index is -3.73. The number of aryl methyl sites for hydroxylation is 2. The summed E-state index contributed by atoms with van der Waals surface area (Å²) in [6.45, 7) is 20.7. The number of allylic oxidation sites excluding steroid dienone is 4. The van der Waals surface area contributed by atoms with Crippen LogP contribution in [0.4, 0.5) is 8.78 Å². The van der Waals surface area contributed by atoms with Gasteiger partial charge in [-0.1, -0.05) is 78.7 Å². The Balaban J connectivity index is 0.000000601. The molecule has 4 atom stereocenters. The fourth-order valence-corrected chi connectivity index (χ4v) is 12.9. The molecule has 10 nitrogen and oxygen atoms in total. The maximum absolute atomic E-state index is 13.8. The van der Waals surface area contributed by atoms with Gasteiger partial charge in [0.15, 0.2) is 0 Å². The molecule has 4 rings (SSSR count). The van der Waals surface area contributed by atoms with Gasteiger partial charge in [-0.05, 0) is 132 Å². The molecule has 0 saturated heterocycles. The quantitative estimate of drug-likeness (QED) is 0.143. The fraction of sp³-hybridized carbons (Fsp3) is 0.609. The van der Waals surface area contributed by atoms with Crippen molar-refractivity contribution in [2.75, 3.05) is 24.6 Å². The van der Waals surface area contributed by atoms with Gasteiger partial charge in [0.1, 0.15) is 11.6 Å². The number of carboxylic acid groups (broad SMARTS) is 2. The average molecular weight is 893 g/mol. The van der Waals surface area contributed by atoms with Gasteiger partial charge in [0.25, 0.3) is 0 Å². The van der Waals surface area contributed by atoms with Gasteiger partial charge in [0, 0.05) is 37.1 Å². The first-order valence-corrected chi connectivity index (χ1v) is 24.7. The second-order valence-corrected chi connectivity index (χ2v) is 25.1. The molecule has 0 fully saturated rings. The third-order valence-electron chi connectivity index (χ3n) is 11.7. The summed E-state index contributed by atoms with van der Waals surface area (Å²) in [5.41, 5.74) is 6.86. The van der Waals surface area contributed by atoms with E-state index in [1.807, 2.05) is 12.1 Å². The van der Waals surface area contributed by atoms with Crippen LogP contribution >= 0.6 is 14.7 Å². The average Bonchev–Trinajstić information content (AvgIpc) is 3.03. The molecule has 2 aliphatic rings. The van der Waals surface area contributed by atoms with Crippen LogP contribution in [0.5, 0.6) is 0 Å². The number of aliphatic hydroxyl groups excluding tert-OH is 2. The molecule has 0 aromatic heterocycles. The molecule has 2 aromatic carbocycles. The summed E-state index contributed by atoms with van der Waals surface area (Å²) in [6, 6.07) is 10.1. The molecule has 16 heteroatoms. The van der Waals surface area contributed by atoms with Crippen molar-refractivity contribution in [2.24, 2.45) is 21.7 Å². The van der Waals surface area contributed by atoms with E-state index < -0.39 is 64.0 Å². The minimum absolute atomic E-state index is 0. The number of hydrogen-bond acceptors (Lipinski definition) is 8. The van der Waals surface area contributed by atoms with Crippen LogP contribution in [0.25, 0.3) is 11.1 Å². The number of aliphatic hydroxyl groups is 2. The van der Waals surface area contributed by atoms with Crippen LogP contribution in [0.15, 0.2) is 47.5 Å². The molecule has 0 heterocycles. The number of benzene rings is 2. The van der Waals surface area contributed by atoms with Crippen molar-refractivity contribution in [1.29, 1.82) is 0 Å². The molecule has 2 unspecified atom stereocenters. The van der Waals surface area contributed by atoms with Crippen LogP contribution in [0, 0.1) is 47.1 Å². The number of carbonyl (C=O) groups excluding carboxylic acids is 2. The van der Waals surface area contributed by atoms with E-state index in [0.717, 1.165) is 59.1 Å². The topological polar surface area (TPSA) is 195 Å². The van der Waals surface area contributed by atoms with Gasteiger partial charge in [-0.2, -0.15) is 0 Å². The van der Waals surface area contributed by atoms with Crippen LogP contribution in [0.2, 0.25) is 0 Å². The maximum Gasteiger partial charge on any atom is 1.00 e. The number of halogens is 2. The van der Waals surface area contributed by atoms with Crippen molar-refractivity contribution in [2.45, 2.75) is 133 Å². The Hall–Kier alpha value is -1.79. The Kier molecular flexibility index (Phi) is 21.2. The number of aliphatic carboxylic acids is 2. The standard InChI is InChI=1S/2C23H34FO5P.2Li/c2*1-15-10-16(6-7-20(15)24)18-12-22(2,3)14-23(4,5)19(18)8-9-30(28,29)13-17(25)11-21(26)27;;/h2*6-7,10,17,25H,8-9,11-14H2,1-5H3,(H,26,27)(H,28,29);;/q;;2*+1/p-2/t2*17-;;/m00../s1. The largest absolute Gasteiger partial charge is 1.00 e. The summed E-state index contributed by atoms with van der Waals surface area (Å²) in [6.07, 6.45) is -1.06. The van der Waals surface area contributed by atoms with Crippen LogP contribution in [0.1, 0.15) is 129 Å². The van der Waals surface area contributed by atoms with Gasteiger partial charge in [0.05, 0.1) is 24.5 Å². The SMILES string of the molecule is Cc1cc(C2=C(CCP(=O)(O)C[C@@H](O)CC(=O)[O-])C(C)(C)CC(C)(C)C2)ccc1F.Cc1cc(C2=C(CCP(=O)(O)C[C@@H](O)CC(=O)[O-])C(C)(C)CC(C)(C)C2)ccc1F.[Li+].[Li+]. The first kappa shape index (κ1) is 58.2. The molecular weight excluding hydrogens is 826 g/mol. The van der Waals surface area contributed by atoms with Gasteiger partial charge in [0.2, 0.25) is 14.7 Å². The van der Waals surface area contributed by atoms with Crippen LogP contribution < -0.4 is 47.9 Å². The van der Waals surface area contributed by atoms with Crippen LogP contribution in [0.3, 0.4) is 0 Å². The van der Waals surface area contributed by atoms with Gasteiger partial charge in [-0.15, -0.1) is 0 Å². The van der Waals surface area contributed by atoms with Gasteiger partial charge < -0.3 is 39.8 Å². The number of carbonyl (C=O) groups is 2. The zero-order valence-corrected chi connectivity index (χ0v) is 40.8. The number of carboxylic acids is 2. The second kappa shape index (κ2) is 22.6. The number of hydrogen-bond donors (Lipinski definition) is 4. The van der Waals surface area contributed by atoms with Gasteiger partial charge in [-0.3, -0.25) is 9.13 Å². The van der Waals surface area contributed by atoms with E-state index in [-0.39, 0.29) is 83.3 Å². The molecule has 2 aromatic rings. The van der Waals surface area contributed by atoms with E-state index in [9.17, 15) is 57.7 Å². The van der Waals surface area contributed by atoms with Crippen molar-refractivity contribution < 1.29 is 95.4 Å². The zero-order valence-electron chi connectivity index (χ0n) is 39.0. The Labute approximate surface area is 391 Å². The van der Waals surface area contributed by atoms with E-state index in [0.29, 0.717) is 24.0 Å². The van der Waals surface area contributed by atoms with Crippen LogP contribution in [-0.4, -0.2) is 68.8 Å². The zero-order chi connectivity index (χ0) is 45.8. The molecule has 0 bridgehead atoms. The van der Waals surface area contributed by atoms with Crippen molar-refractivity contribution in [3.63, 3.8) is 0 Å². The van der Waals surface area contributed by atoms with E-state index in [1.165, 1.54) is 12.1 Å². The summed E-state index contributed by atoms with van der Waals surface area (Å²) in [7, 11) is -7.46. The minimum Gasteiger partial charge on any atom is -0.550 e. The molecule has 0 saturated carbocycles. The first-order valence-electron chi connectivity index (χ1n) is 20.6. The molecule has 0 aliphatic heterocycles. The molecule has 62 heavy (non-hydrogen) atoms. The normalized spacial score (nSPS) is 20.5. The predicted molar refractivity (Wildman–Crippen MR) is 229 cm³/mol. The van der Waals surface area contributed by atoms with Crippen molar-refractivity contribution in [3.05, 3.63) is 81.4 Å². The predicted octanol–water partition coefficient (Wildman–Crippen LogP) is 1.80. The summed E-state index contributed by atoms with van der Waals surface area (Å²) < 4.78 is 52.9. The smallest absolute Gasteiger partial charge is 0.550 e. The van der Waals surface area contributed by atoms with E-state index in [4.69, 9.17) is 0 Å². The van der Waals surface area contributed by atoms with Crippen molar-refractivity contribution >= 4 is 37.8 Å². The van der Waals surface area contributed by atoms with Gasteiger partial charge in [-0.25, -0.2) is 8.78 Å². The first-order chi connectivity index (χ1) is 27.2. The summed E-state index contributed by atoms with van der Waals surface area (Å²) in [5, 5.41) is 40.7. The summed E-state index contributed by atoms with van der Waals surface area (Å²) in [5.74, 6) is -3.43. The molecular formula is C46H66F2Li2O10P2. The van der Waals surface area contributed by atoms with Gasteiger partial charge >= 0.3 is 37.7 Å². The fourth-order valence-electron chi connectivity index (χ4n) is 9.84.